The van der Waals surface area contributed by atoms with Crippen LogP contribution in [-0.2, 0) is 10.0 Å². The van der Waals surface area contributed by atoms with Crippen LogP contribution in [0.15, 0.2) is 41.2 Å². The number of hydrogen-bond donors (Lipinski definition) is 1. The van der Waals surface area contributed by atoms with Crippen LogP contribution in [0.3, 0.4) is 0 Å². The maximum absolute atomic E-state index is 13.4. The molecule has 7 nitrogen and oxygen atoms in total. The number of fused-ring (bicyclic) bond motifs is 4. The second-order valence-corrected chi connectivity index (χ2v) is 12.2. The second kappa shape index (κ2) is 9.68. The molecule has 2 aromatic carbocycles. The van der Waals surface area contributed by atoms with Crippen molar-refractivity contribution in [2.24, 2.45) is 0 Å². The molecule has 2 aromatic rings. The van der Waals surface area contributed by atoms with E-state index in [0.29, 0.717) is 39.9 Å². The summed E-state index contributed by atoms with van der Waals surface area (Å²) >= 11 is 1.35. The van der Waals surface area contributed by atoms with Crippen molar-refractivity contribution >= 4 is 53.7 Å². The lowest BCUT2D eigenvalue weighted by atomic mass is 10.00. The molecule has 5 rings (SSSR count). The third-order valence-corrected chi connectivity index (χ3v) is 10.1. The maximum atomic E-state index is 13.4. The van der Waals surface area contributed by atoms with Crippen LogP contribution in [0.1, 0.15) is 51.5 Å². The Morgan fingerprint density at radius 3 is 2.58 bits per heavy atom. The average molecular weight is 521 g/mol. The van der Waals surface area contributed by atoms with E-state index in [1.165, 1.54) is 11.3 Å². The average Bonchev–Trinajstić information content (AvgIpc) is 2.89. The van der Waals surface area contributed by atoms with Crippen molar-refractivity contribution in [3.63, 3.8) is 0 Å². The standard InChI is InChI=1S/C27H28N4O3S2/c1-3-31(4-2)17-13-14-21-23(15-17)35-27-20(16-28)26(32)19-11-8-12-22(24(19)25(27)29-21)30-36(33,34)18-9-6-5-7-10-18/h8,11-15,18,30H,3-7,9-10H2,1-2H3. The molecule has 9 heteroatoms. The topological polar surface area (TPSA) is 103 Å². The Hall–Kier alpha value is -3.22. The van der Waals surface area contributed by atoms with Gasteiger partial charge in [-0.2, -0.15) is 5.26 Å². The van der Waals surface area contributed by atoms with Gasteiger partial charge in [-0.3, -0.25) is 9.52 Å². The second-order valence-electron chi connectivity index (χ2n) is 9.17. The number of hydrogen-bond acceptors (Lipinski definition) is 7. The van der Waals surface area contributed by atoms with E-state index in [4.69, 9.17) is 4.98 Å². The zero-order valence-corrected chi connectivity index (χ0v) is 22.0. The Bertz CT molecular complexity index is 1630. The van der Waals surface area contributed by atoms with Gasteiger partial charge < -0.3 is 4.90 Å². The largest absolute Gasteiger partial charge is 0.372 e. The molecule has 1 N–H and O–H groups in total. The van der Waals surface area contributed by atoms with E-state index < -0.39 is 20.7 Å². The van der Waals surface area contributed by atoms with Crippen molar-refractivity contribution in [1.29, 1.82) is 5.26 Å². The summed E-state index contributed by atoms with van der Waals surface area (Å²) in [5.74, 6) is 0. The van der Waals surface area contributed by atoms with Crippen LogP contribution in [0.4, 0.5) is 11.4 Å². The third-order valence-electron chi connectivity index (χ3n) is 7.09. The predicted molar refractivity (Wildman–Crippen MR) is 148 cm³/mol. The first-order chi connectivity index (χ1) is 17.4. The van der Waals surface area contributed by atoms with E-state index in [1.807, 2.05) is 18.2 Å². The highest BCUT2D eigenvalue weighted by Crippen LogP contribution is 2.41. The molecule has 186 valence electrons. The van der Waals surface area contributed by atoms with E-state index in [2.05, 4.69) is 29.5 Å². The summed E-state index contributed by atoms with van der Waals surface area (Å²) in [6.45, 7) is 5.90. The Morgan fingerprint density at radius 2 is 1.89 bits per heavy atom. The van der Waals surface area contributed by atoms with Crippen molar-refractivity contribution in [2.45, 2.75) is 51.2 Å². The molecule has 0 spiro atoms. The first kappa shape index (κ1) is 24.5. The number of sulfonamides is 1. The van der Waals surface area contributed by atoms with E-state index in [-0.39, 0.29) is 5.56 Å². The summed E-state index contributed by atoms with van der Waals surface area (Å²) in [5.41, 5.74) is 2.22. The van der Waals surface area contributed by atoms with Crippen LogP contribution >= 0.6 is 11.3 Å². The lowest BCUT2D eigenvalue weighted by molar-refractivity contribution is 0.486. The Kier molecular flexibility index (Phi) is 6.58. The highest BCUT2D eigenvalue weighted by molar-refractivity contribution is 7.93. The van der Waals surface area contributed by atoms with Crippen molar-refractivity contribution in [3.05, 3.63) is 52.2 Å². The molecule has 3 aliphatic rings. The summed E-state index contributed by atoms with van der Waals surface area (Å²) in [6.07, 6.45) is 4.10. The van der Waals surface area contributed by atoms with Crippen molar-refractivity contribution < 1.29 is 8.42 Å². The Balaban J connectivity index is 1.76. The SMILES string of the molecule is CCN(CC)c1ccc2nc3c4c(NS(=O)(=O)C5CCCCC5)cccc4c(=O)c(C#N)c-3sc2c1. The summed E-state index contributed by atoms with van der Waals surface area (Å²) in [7, 11) is -3.64. The van der Waals surface area contributed by atoms with Gasteiger partial charge in [0.2, 0.25) is 15.5 Å². The smallest absolute Gasteiger partial charge is 0.235 e. The molecule has 2 aliphatic carbocycles. The number of anilines is 2. The highest BCUT2D eigenvalue weighted by atomic mass is 32.2. The summed E-state index contributed by atoms with van der Waals surface area (Å²) < 4.78 is 30.1. The zero-order chi connectivity index (χ0) is 25.4. The highest BCUT2D eigenvalue weighted by Gasteiger charge is 2.29. The molecule has 1 aliphatic heterocycles. The minimum atomic E-state index is -3.64. The van der Waals surface area contributed by atoms with Gasteiger partial charge in [0.05, 0.1) is 31.7 Å². The van der Waals surface area contributed by atoms with Crippen LogP contribution in [0.5, 0.6) is 0 Å². The number of benzene rings is 3. The molecule has 0 unspecified atom stereocenters. The van der Waals surface area contributed by atoms with Gasteiger partial charge in [-0.25, -0.2) is 13.4 Å². The van der Waals surface area contributed by atoms with Crippen LogP contribution < -0.4 is 15.1 Å². The fourth-order valence-corrected chi connectivity index (χ4v) is 7.86. The Morgan fingerprint density at radius 1 is 1.14 bits per heavy atom. The number of nitrogens with zero attached hydrogens (tertiary/aromatic N) is 3. The first-order valence-electron chi connectivity index (χ1n) is 12.4. The van der Waals surface area contributed by atoms with Gasteiger partial charge in [0.25, 0.3) is 0 Å². The van der Waals surface area contributed by atoms with Gasteiger partial charge in [-0.15, -0.1) is 11.3 Å². The van der Waals surface area contributed by atoms with E-state index in [1.54, 1.807) is 18.2 Å². The predicted octanol–water partition coefficient (Wildman–Crippen LogP) is 5.71. The first-order valence-corrected chi connectivity index (χ1v) is 14.7. The monoisotopic (exact) mass is 520 g/mol. The summed E-state index contributed by atoms with van der Waals surface area (Å²) in [5, 5.41) is 10.2. The quantitative estimate of drug-likeness (QED) is 0.258. The van der Waals surface area contributed by atoms with Crippen molar-refractivity contribution in [3.8, 4) is 16.6 Å². The fourth-order valence-electron chi connectivity index (χ4n) is 5.16. The lowest BCUT2D eigenvalue weighted by Gasteiger charge is -2.23. The minimum Gasteiger partial charge on any atom is -0.372 e. The molecular weight excluding hydrogens is 492 g/mol. The normalized spacial score (nSPS) is 14.8. The van der Waals surface area contributed by atoms with Crippen LogP contribution in [0, 0.1) is 11.3 Å². The van der Waals surface area contributed by atoms with Crippen LogP contribution in [0.25, 0.3) is 31.6 Å². The third kappa shape index (κ3) is 4.18. The van der Waals surface area contributed by atoms with E-state index in [0.717, 1.165) is 48.3 Å². The molecule has 1 heterocycles. The molecule has 0 amide bonds. The van der Waals surface area contributed by atoms with Gasteiger partial charge in [-0.1, -0.05) is 31.4 Å². The van der Waals surface area contributed by atoms with Crippen molar-refractivity contribution in [1.82, 2.24) is 4.98 Å². The number of nitrogens with one attached hydrogen (secondary N) is 1. The Labute approximate surface area is 214 Å². The number of nitriles is 1. The summed E-state index contributed by atoms with van der Waals surface area (Å²) in [6, 6.07) is 13.0. The van der Waals surface area contributed by atoms with Gasteiger partial charge in [-0.05, 0) is 51.0 Å². The molecule has 0 saturated heterocycles. The molecule has 36 heavy (non-hydrogen) atoms. The number of aromatic nitrogens is 1. The van der Waals surface area contributed by atoms with Crippen molar-refractivity contribution in [2.75, 3.05) is 22.7 Å². The van der Waals surface area contributed by atoms with Gasteiger partial charge >= 0.3 is 0 Å². The summed E-state index contributed by atoms with van der Waals surface area (Å²) in [4.78, 5) is 20.9. The molecule has 0 radical (unpaired) electrons. The van der Waals surface area contributed by atoms with E-state index >= 15 is 0 Å². The fraction of sp³-hybridized carbons (Fsp3) is 0.370. The number of rotatable bonds is 6. The maximum Gasteiger partial charge on any atom is 0.235 e. The molecule has 1 fully saturated rings. The molecule has 0 atom stereocenters. The molecular formula is C27H28N4O3S2. The van der Waals surface area contributed by atoms with Gasteiger partial charge in [0.15, 0.2) is 0 Å². The zero-order valence-electron chi connectivity index (χ0n) is 20.4. The molecule has 0 bridgehead atoms. The van der Waals surface area contributed by atoms with Crippen LogP contribution in [0.2, 0.25) is 0 Å². The molecule has 0 aromatic heterocycles. The van der Waals surface area contributed by atoms with Crippen LogP contribution in [-0.4, -0.2) is 31.7 Å². The molecule has 1 saturated carbocycles. The van der Waals surface area contributed by atoms with Gasteiger partial charge in [0.1, 0.15) is 11.6 Å². The lowest BCUT2D eigenvalue weighted by Crippen LogP contribution is -2.30. The van der Waals surface area contributed by atoms with E-state index in [9.17, 15) is 18.5 Å². The minimum absolute atomic E-state index is 0.0393. The van der Waals surface area contributed by atoms with Gasteiger partial charge in [0, 0.05) is 29.5 Å².